The highest BCUT2D eigenvalue weighted by atomic mass is 79.9. The van der Waals surface area contributed by atoms with E-state index in [1.165, 1.54) is 5.56 Å². The summed E-state index contributed by atoms with van der Waals surface area (Å²) in [7, 11) is 0. The SMILES string of the molecule is CCOc1ccc(Br)cc1C(N)c1ccc(Br)c(C)c1. The highest BCUT2D eigenvalue weighted by molar-refractivity contribution is 9.10. The van der Waals surface area contributed by atoms with Crippen molar-refractivity contribution in [3.8, 4) is 5.75 Å². The van der Waals surface area contributed by atoms with E-state index in [1.54, 1.807) is 0 Å². The summed E-state index contributed by atoms with van der Waals surface area (Å²) in [6.07, 6.45) is 0. The topological polar surface area (TPSA) is 35.2 Å². The van der Waals surface area contributed by atoms with Crippen molar-refractivity contribution in [3.63, 3.8) is 0 Å². The summed E-state index contributed by atoms with van der Waals surface area (Å²) in [5.74, 6) is 0.837. The molecule has 0 heterocycles. The zero-order chi connectivity index (χ0) is 14.7. The molecular weight excluding hydrogens is 382 g/mol. The summed E-state index contributed by atoms with van der Waals surface area (Å²) < 4.78 is 7.77. The second-order valence-corrected chi connectivity index (χ2v) is 6.37. The Morgan fingerprint density at radius 3 is 2.55 bits per heavy atom. The zero-order valence-electron chi connectivity index (χ0n) is 11.5. The van der Waals surface area contributed by atoms with E-state index < -0.39 is 0 Å². The van der Waals surface area contributed by atoms with Crippen LogP contribution in [0.25, 0.3) is 0 Å². The minimum Gasteiger partial charge on any atom is -0.494 e. The first-order chi connectivity index (χ1) is 9.52. The molecule has 0 aliphatic carbocycles. The third-order valence-electron chi connectivity index (χ3n) is 3.15. The fourth-order valence-corrected chi connectivity index (χ4v) is 2.72. The maximum absolute atomic E-state index is 6.42. The number of hydrogen-bond acceptors (Lipinski definition) is 2. The minimum atomic E-state index is -0.208. The van der Waals surface area contributed by atoms with Gasteiger partial charge in [-0.1, -0.05) is 44.0 Å². The summed E-state index contributed by atoms with van der Waals surface area (Å²) in [5.41, 5.74) is 9.65. The molecule has 0 fully saturated rings. The Morgan fingerprint density at radius 1 is 1.15 bits per heavy atom. The van der Waals surface area contributed by atoms with Gasteiger partial charge in [0, 0.05) is 14.5 Å². The summed E-state index contributed by atoms with van der Waals surface area (Å²) in [6.45, 7) is 4.66. The normalized spacial score (nSPS) is 12.2. The van der Waals surface area contributed by atoms with Gasteiger partial charge in [-0.2, -0.15) is 0 Å². The van der Waals surface area contributed by atoms with Crippen LogP contribution in [0.3, 0.4) is 0 Å². The number of nitrogens with two attached hydrogens (primary N) is 1. The zero-order valence-corrected chi connectivity index (χ0v) is 14.7. The molecule has 0 saturated heterocycles. The quantitative estimate of drug-likeness (QED) is 0.789. The highest BCUT2D eigenvalue weighted by Crippen LogP contribution is 2.32. The molecule has 2 N–H and O–H groups in total. The molecular formula is C16H17Br2NO. The Labute approximate surface area is 136 Å². The van der Waals surface area contributed by atoms with Crippen molar-refractivity contribution >= 4 is 31.9 Å². The van der Waals surface area contributed by atoms with Crippen molar-refractivity contribution in [1.82, 2.24) is 0 Å². The monoisotopic (exact) mass is 397 g/mol. The number of halogens is 2. The van der Waals surface area contributed by atoms with Gasteiger partial charge in [0.05, 0.1) is 12.6 Å². The molecule has 0 spiro atoms. The number of rotatable bonds is 4. The maximum Gasteiger partial charge on any atom is 0.124 e. The number of aryl methyl sites for hydroxylation is 1. The molecule has 1 unspecified atom stereocenters. The molecule has 0 aliphatic rings. The van der Waals surface area contributed by atoms with E-state index in [0.29, 0.717) is 6.61 Å². The Morgan fingerprint density at radius 2 is 1.90 bits per heavy atom. The molecule has 0 radical (unpaired) electrons. The van der Waals surface area contributed by atoms with Crippen molar-refractivity contribution in [2.24, 2.45) is 5.73 Å². The van der Waals surface area contributed by atoms with Gasteiger partial charge in [0.25, 0.3) is 0 Å². The van der Waals surface area contributed by atoms with E-state index in [0.717, 1.165) is 25.8 Å². The second-order valence-electron chi connectivity index (χ2n) is 4.60. The van der Waals surface area contributed by atoms with Crippen LogP contribution in [0.5, 0.6) is 5.75 Å². The van der Waals surface area contributed by atoms with Crippen LogP contribution in [0.15, 0.2) is 45.3 Å². The molecule has 0 amide bonds. The van der Waals surface area contributed by atoms with Crippen LogP contribution in [-0.4, -0.2) is 6.61 Å². The minimum absolute atomic E-state index is 0.208. The molecule has 0 bridgehead atoms. The molecule has 4 heteroatoms. The van der Waals surface area contributed by atoms with Crippen LogP contribution in [0.2, 0.25) is 0 Å². The van der Waals surface area contributed by atoms with Gasteiger partial charge in [0.2, 0.25) is 0 Å². The Balaban J connectivity index is 2.43. The van der Waals surface area contributed by atoms with E-state index in [-0.39, 0.29) is 6.04 Å². The van der Waals surface area contributed by atoms with Crippen LogP contribution < -0.4 is 10.5 Å². The predicted molar refractivity (Wildman–Crippen MR) is 90.2 cm³/mol. The van der Waals surface area contributed by atoms with E-state index in [9.17, 15) is 0 Å². The van der Waals surface area contributed by atoms with Crippen LogP contribution in [0.4, 0.5) is 0 Å². The summed E-state index contributed by atoms with van der Waals surface area (Å²) in [5, 5.41) is 0. The number of ether oxygens (including phenoxy) is 1. The summed E-state index contributed by atoms with van der Waals surface area (Å²) >= 11 is 7.01. The predicted octanol–water partition coefficient (Wildman–Crippen LogP) is 4.97. The fraction of sp³-hybridized carbons (Fsp3) is 0.250. The molecule has 0 aromatic heterocycles. The molecule has 2 aromatic carbocycles. The lowest BCUT2D eigenvalue weighted by molar-refractivity contribution is 0.335. The van der Waals surface area contributed by atoms with Gasteiger partial charge in [0.15, 0.2) is 0 Å². The number of hydrogen-bond donors (Lipinski definition) is 1. The van der Waals surface area contributed by atoms with Crippen LogP contribution in [-0.2, 0) is 0 Å². The molecule has 2 nitrogen and oxygen atoms in total. The largest absolute Gasteiger partial charge is 0.494 e. The molecule has 0 aliphatic heterocycles. The standard InChI is InChI=1S/C16H17Br2NO/c1-3-20-15-7-5-12(17)9-13(15)16(19)11-4-6-14(18)10(2)8-11/h4-9,16H,3,19H2,1-2H3. The summed E-state index contributed by atoms with van der Waals surface area (Å²) in [6, 6.07) is 11.9. The van der Waals surface area contributed by atoms with Gasteiger partial charge in [0.1, 0.15) is 5.75 Å². The van der Waals surface area contributed by atoms with E-state index >= 15 is 0 Å². The molecule has 106 valence electrons. The van der Waals surface area contributed by atoms with Gasteiger partial charge in [-0.15, -0.1) is 0 Å². The lowest BCUT2D eigenvalue weighted by Crippen LogP contribution is -2.14. The average molecular weight is 399 g/mol. The van der Waals surface area contributed by atoms with Gasteiger partial charge >= 0.3 is 0 Å². The molecule has 0 saturated carbocycles. The van der Waals surface area contributed by atoms with Crippen molar-refractivity contribution in [2.45, 2.75) is 19.9 Å². The van der Waals surface area contributed by atoms with Crippen LogP contribution in [0.1, 0.15) is 29.7 Å². The van der Waals surface area contributed by atoms with Crippen LogP contribution >= 0.6 is 31.9 Å². The first-order valence-corrected chi connectivity index (χ1v) is 8.05. The molecule has 2 aromatic rings. The average Bonchev–Trinajstić information content (AvgIpc) is 2.43. The maximum atomic E-state index is 6.42. The first kappa shape index (κ1) is 15.5. The van der Waals surface area contributed by atoms with Crippen molar-refractivity contribution in [1.29, 1.82) is 0 Å². The van der Waals surface area contributed by atoms with Gasteiger partial charge < -0.3 is 10.5 Å². The highest BCUT2D eigenvalue weighted by Gasteiger charge is 2.15. The van der Waals surface area contributed by atoms with Crippen molar-refractivity contribution < 1.29 is 4.74 Å². The fourth-order valence-electron chi connectivity index (χ4n) is 2.09. The summed E-state index contributed by atoms with van der Waals surface area (Å²) in [4.78, 5) is 0. The smallest absolute Gasteiger partial charge is 0.124 e. The second kappa shape index (κ2) is 6.74. The van der Waals surface area contributed by atoms with Crippen molar-refractivity contribution in [3.05, 3.63) is 62.0 Å². The lowest BCUT2D eigenvalue weighted by atomic mass is 9.97. The number of benzene rings is 2. The molecule has 1 atom stereocenters. The van der Waals surface area contributed by atoms with E-state index in [2.05, 4.69) is 44.8 Å². The third kappa shape index (κ3) is 3.43. The molecule has 2 rings (SSSR count). The Bertz CT molecular complexity index is 613. The van der Waals surface area contributed by atoms with Gasteiger partial charge in [-0.05, 0) is 49.2 Å². The first-order valence-electron chi connectivity index (χ1n) is 6.46. The van der Waals surface area contributed by atoms with Gasteiger partial charge in [-0.25, -0.2) is 0 Å². The van der Waals surface area contributed by atoms with Crippen molar-refractivity contribution in [2.75, 3.05) is 6.61 Å². The van der Waals surface area contributed by atoms with Gasteiger partial charge in [-0.3, -0.25) is 0 Å². The van der Waals surface area contributed by atoms with E-state index in [4.69, 9.17) is 10.5 Å². The Hall–Kier alpha value is -0.840. The lowest BCUT2D eigenvalue weighted by Gasteiger charge is -2.18. The third-order valence-corrected chi connectivity index (χ3v) is 4.53. The molecule has 20 heavy (non-hydrogen) atoms. The van der Waals surface area contributed by atoms with E-state index in [1.807, 2.05) is 37.3 Å². The van der Waals surface area contributed by atoms with Crippen LogP contribution in [0, 0.1) is 6.92 Å². The Kier molecular flexibility index (Phi) is 5.24.